The van der Waals surface area contributed by atoms with Gasteiger partial charge in [0.15, 0.2) is 0 Å². The Hall–Kier alpha value is -0.720. The van der Waals surface area contributed by atoms with Gasteiger partial charge >= 0.3 is 0 Å². The fourth-order valence-electron chi connectivity index (χ4n) is 1.90. The Labute approximate surface area is 121 Å². The molecule has 104 valence electrons. The Balaban J connectivity index is 2.14. The van der Waals surface area contributed by atoms with Crippen LogP contribution in [0.5, 0.6) is 5.75 Å². The Morgan fingerprint density at radius 3 is 3.00 bits per heavy atom. The molecule has 3 nitrogen and oxygen atoms in total. The van der Waals surface area contributed by atoms with Crippen LogP contribution in [0.3, 0.4) is 0 Å². The fraction of sp³-hybridized carbons (Fsp3) is 0.462. The third-order valence-corrected chi connectivity index (χ3v) is 5.07. The number of phenolic OH excluding ortho intramolecular Hbond substituents is 1. The molecule has 0 radical (unpaired) electrons. The van der Waals surface area contributed by atoms with Gasteiger partial charge in [0.1, 0.15) is 16.6 Å². The predicted octanol–water partition coefficient (Wildman–Crippen LogP) is 2.65. The molecule has 1 fully saturated rings. The van der Waals surface area contributed by atoms with Crippen molar-refractivity contribution in [1.29, 1.82) is 0 Å². The molecule has 0 saturated carbocycles. The van der Waals surface area contributed by atoms with Gasteiger partial charge in [-0.05, 0) is 25.4 Å². The number of halogens is 1. The minimum Gasteiger partial charge on any atom is -0.507 e. The zero-order valence-electron chi connectivity index (χ0n) is 11.0. The number of benzene rings is 1. The molecule has 0 amide bonds. The van der Waals surface area contributed by atoms with Gasteiger partial charge in [0, 0.05) is 23.9 Å². The molecular weight excluding hydrogens is 283 g/mol. The molecule has 19 heavy (non-hydrogen) atoms. The van der Waals surface area contributed by atoms with E-state index in [-0.39, 0.29) is 5.75 Å². The minimum atomic E-state index is -0.437. The van der Waals surface area contributed by atoms with Crippen molar-refractivity contribution < 1.29 is 9.50 Å². The number of hydrogen-bond donors (Lipinski definition) is 1. The lowest BCUT2D eigenvalue weighted by Crippen LogP contribution is -2.26. The molecule has 1 aromatic carbocycles. The van der Waals surface area contributed by atoms with Crippen LogP contribution in [0, 0.1) is 5.82 Å². The summed E-state index contributed by atoms with van der Waals surface area (Å²) in [6, 6.07) is 4.04. The van der Waals surface area contributed by atoms with Crippen LogP contribution in [-0.4, -0.2) is 52.6 Å². The van der Waals surface area contributed by atoms with Crippen molar-refractivity contribution in [1.82, 2.24) is 4.90 Å². The first kappa shape index (κ1) is 14.7. The van der Waals surface area contributed by atoms with E-state index in [0.29, 0.717) is 17.5 Å². The fourth-order valence-corrected chi connectivity index (χ4v) is 3.70. The molecule has 1 aliphatic heterocycles. The second kappa shape index (κ2) is 6.63. The third-order valence-electron chi connectivity index (χ3n) is 3.02. The number of nitrogens with zero attached hydrogens (tertiary/aromatic N) is 2. The van der Waals surface area contributed by atoms with E-state index in [2.05, 4.69) is 16.9 Å². The van der Waals surface area contributed by atoms with Crippen LogP contribution in [0.4, 0.5) is 4.39 Å². The first-order valence-electron chi connectivity index (χ1n) is 6.01. The van der Waals surface area contributed by atoms with Crippen molar-refractivity contribution in [2.45, 2.75) is 5.37 Å². The van der Waals surface area contributed by atoms with Crippen molar-refractivity contribution >= 4 is 28.6 Å². The van der Waals surface area contributed by atoms with Crippen LogP contribution in [-0.2, 0) is 0 Å². The van der Waals surface area contributed by atoms with Gasteiger partial charge in [-0.3, -0.25) is 9.89 Å². The van der Waals surface area contributed by atoms with E-state index < -0.39 is 5.82 Å². The summed E-state index contributed by atoms with van der Waals surface area (Å²) in [4.78, 5) is 6.84. The summed E-state index contributed by atoms with van der Waals surface area (Å²) in [5.74, 6) is 0.640. The Bertz CT molecular complexity index is 482. The summed E-state index contributed by atoms with van der Waals surface area (Å²) < 4.78 is 13.0. The van der Waals surface area contributed by atoms with E-state index in [4.69, 9.17) is 0 Å². The number of aromatic hydroxyl groups is 1. The normalized spacial score (nSPS) is 21.0. The van der Waals surface area contributed by atoms with Crippen LogP contribution in [0.25, 0.3) is 0 Å². The second-order valence-corrected chi connectivity index (χ2v) is 6.40. The highest BCUT2D eigenvalue weighted by Gasteiger charge is 2.21. The SMILES string of the molecule is CSC(=NC[C@H]1SCCN1C)c1ccc(F)cc1O. The van der Waals surface area contributed by atoms with Gasteiger partial charge < -0.3 is 5.11 Å². The number of likely N-dealkylation sites (N-methyl/N-ethyl adjacent to an activating group) is 1. The maximum absolute atomic E-state index is 13.0. The van der Waals surface area contributed by atoms with Crippen LogP contribution >= 0.6 is 23.5 Å². The summed E-state index contributed by atoms with van der Waals surface area (Å²) in [6.07, 6.45) is 1.91. The third kappa shape index (κ3) is 3.64. The maximum Gasteiger partial charge on any atom is 0.128 e. The molecule has 0 bridgehead atoms. The predicted molar refractivity (Wildman–Crippen MR) is 81.9 cm³/mol. The highest BCUT2D eigenvalue weighted by atomic mass is 32.2. The van der Waals surface area contributed by atoms with Crippen molar-refractivity contribution in [3.8, 4) is 5.75 Å². The van der Waals surface area contributed by atoms with Crippen LogP contribution in [0.2, 0.25) is 0 Å². The van der Waals surface area contributed by atoms with Crippen LogP contribution in [0.15, 0.2) is 23.2 Å². The summed E-state index contributed by atoms with van der Waals surface area (Å²) in [6.45, 7) is 1.77. The Kier molecular flexibility index (Phi) is 5.13. The summed E-state index contributed by atoms with van der Waals surface area (Å²) in [5, 5.41) is 10.9. The van der Waals surface area contributed by atoms with E-state index in [1.807, 2.05) is 18.0 Å². The first-order chi connectivity index (χ1) is 9.11. The highest BCUT2D eigenvalue weighted by molar-refractivity contribution is 8.13. The number of rotatable bonds is 3. The molecule has 2 rings (SSSR count). The Morgan fingerprint density at radius 1 is 1.63 bits per heavy atom. The van der Waals surface area contributed by atoms with Gasteiger partial charge in [0.2, 0.25) is 0 Å². The van der Waals surface area contributed by atoms with E-state index in [1.165, 1.54) is 17.8 Å². The average molecular weight is 300 g/mol. The van der Waals surface area contributed by atoms with E-state index in [9.17, 15) is 9.50 Å². The van der Waals surface area contributed by atoms with Gasteiger partial charge in [-0.1, -0.05) is 0 Å². The van der Waals surface area contributed by atoms with Crippen molar-refractivity contribution in [3.05, 3.63) is 29.6 Å². The Morgan fingerprint density at radius 2 is 2.42 bits per heavy atom. The minimum absolute atomic E-state index is 0.0551. The van der Waals surface area contributed by atoms with E-state index >= 15 is 0 Å². The summed E-state index contributed by atoms with van der Waals surface area (Å²) >= 11 is 3.36. The molecular formula is C13H17FN2OS2. The lowest BCUT2D eigenvalue weighted by molar-refractivity contribution is 0.357. The molecule has 1 heterocycles. The molecule has 0 unspecified atom stereocenters. The molecule has 1 N–H and O–H groups in total. The number of thioether (sulfide) groups is 2. The average Bonchev–Trinajstić information content (AvgIpc) is 2.78. The topological polar surface area (TPSA) is 35.8 Å². The van der Waals surface area contributed by atoms with E-state index in [0.717, 1.165) is 23.4 Å². The highest BCUT2D eigenvalue weighted by Crippen LogP contribution is 2.25. The molecule has 0 spiro atoms. The zero-order chi connectivity index (χ0) is 13.8. The molecule has 1 atom stereocenters. The van der Waals surface area contributed by atoms with Gasteiger partial charge in [0.05, 0.1) is 11.9 Å². The van der Waals surface area contributed by atoms with Crippen molar-refractivity contribution in [2.75, 3.05) is 32.1 Å². The van der Waals surface area contributed by atoms with Gasteiger partial charge in [-0.25, -0.2) is 4.39 Å². The van der Waals surface area contributed by atoms with Crippen LogP contribution in [0.1, 0.15) is 5.56 Å². The molecule has 6 heteroatoms. The smallest absolute Gasteiger partial charge is 0.128 e. The van der Waals surface area contributed by atoms with Gasteiger partial charge in [0.25, 0.3) is 0 Å². The van der Waals surface area contributed by atoms with Crippen molar-refractivity contribution in [3.63, 3.8) is 0 Å². The van der Waals surface area contributed by atoms with Crippen LogP contribution < -0.4 is 0 Å². The number of phenols is 1. The van der Waals surface area contributed by atoms with Crippen molar-refractivity contribution in [2.24, 2.45) is 4.99 Å². The maximum atomic E-state index is 13.0. The molecule has 1 aliphatic rings. The standard InChI is InChI=1S/C13H17FN2OS2/c1-16-5-6-19-12(16)8-15-13(18-2)10-4-3-9(14)7-11(10)17/h3-4,7,12,17H,5-6,8H2,1-2H3/t12-/m1/s1. The number of aliphatic imine (C=N–C) groups is 1. The summed E-state index contributed by atoms with van der Waals surface area (Å²) in [5.41, 5.74) is 0.597. The molecule has 0 aromatic heterocycles. The second-order valence-electron chi connectivity index (χ2n) is 4.32. The molecule has 1 aromatic rings. The lowest BCUT2D eigenvalue weighted by Gasteiger charge is -2.16. The molecule has 1 saturated heterocycles. The first-order valence-corrected chi connectivity index (χ1v) is 8.28. The van der Waals surface area contributed by atoms with E-state index in [1.54, 1.807) is 6.07 Å². The quantitative estimate of drug-likeness (QED) is 0.688. The van der Waals surface area contributed by atoms with Gasteiger partial charge in [-0.2, -0.15) is 0 Å². The van der Waals surface area contributed by atoms with Gasteiger partial charge in [-0.15, -0.1) is 23.5 Å². The zero-order valence-corrected chi connectivity index (χ0v) is 12.6. The largest absolute Gasteiger partial charge is 0.507 e. The lowest BCUT2D eigenvalue weighted by atomic mass is 10.2. The monoisotopic (exact) mass is 300 g/mol. The summed E-state index contributed by atoms with van der Waals surface area (Å²) in [7, 11) is 2.09. The molecule has 0 aliphatic carbocycles. The number of hydrogen-bond acceptors (Lipinski definition) is 5.